The van der Waals surface area contributed by atoms with Crippen LogP contribution in [0.3, 0.4) is 0 Å². The van der Waals surface area contributed by atoms with E-state index in [9.17, 15) is 4.79 Å². The number of methoxy groups -OCH3 is 1. The number of rotatable bonds is 10. The van der Waals surface area contributed by atoms with E-state index < -0.39 is 0 Å². The Bertz CT molecular complexity index is 679. The summed E-state index contributed by atoms with van der Waals surface area (Å²) >= 11 is 0. The Morgan fingerprint density at radius 2 is 2.10 bits per heavy atom. The summed E-state index contributed by atoms with van der Waals surface area (Å²) in [5, 5.41) is 6.40. The van der Waals surface area contributed by atoms with Crippen LogP contribution in [0.2, 0.25) is 0 Å². The highest BCUT2D eigenvalue weighted by Crippen LogP contribution is 2.21. The molecule has 1 aromatic carbocycles. The van der Waals surface area contributed by atoms with E-state index in [-0.39, 0.29) is 42.5 Å². The molecule has 1 saturated heterocycles. The maximum Gasteiger partial charge on any atom is 0.241 e. The molecule has 0 spiro atoms. The van der Waals surface area contributed by atoms with E-state index in [1.807, 2.05) is 25.1 Å². The Labute approximate surface area is 196 Å². The summed E-state index contributed by atoms with van der Waals surface area (Å²) in [6.07, 6.45) is 2.29. The summed E-state index contributed by atoms with van der Waals surface area (Å²) in [6, 6.07) is 6.06. The maximum absolute atomic E-state index is 11.9. The molecule has 1 amide bonds. The molecule has 2 N–H and O–H groups in total. The third kappa shape index (κ3) is 9.48. The molecule has 30 heavy (non-hydrogen) atoms. The van der Waals surface area contributed by atoms with Gasteiger partial charge in [-0.25, -0.2) is 4.99 Å². The Morgan fingerprint density at radius 3 is 2.77 bits per heavy atom. The molecule has 170 valence electrons. The summed E-state index contributed by atoms with van der Waals surface area (Å²) in [5.74, 6) is 1.36. The van der Waals surface area contributed by atoms with Crippen LogP contribution in [-0.2, 0) is 20.8 Å². The number of aliphatic imine (C=N–C) groups is 1. The molecule has 2 rings (SSSR count). The number of benzene rings is 1. The van der Waals surface area contributed by atoms with E-state index in [0.29, 0.717) is 32.3 Å². The van der Waals surface area contributed by atoms with Crippen LogP contribution >= 0.6 is 24.0 Å². The van der Waals surface area contributed by atoms with E-state index in [1.165, 1.54) is 0 Å². The highest BCUT2D eigenvalue weighted by atomic mass is 127. The smallest absolute Gasteiger partial charge is 0.241 e. The Balaban J connectivity index is 0.00000450. The zero-order chi connectivity index (χ0) is 21.1. The van der Waals surface area contributed by atoms with Crippen LogP contribution in [0.5, 0.6) is 5.75 Å². The van der Waals surface area contributed by atoms with Crippen molar-refractivity contribution in [1.29, 1.82) is 0 Å². The van der Waals surface area contributed by atoms with Crippen molar-refractivity contribution in [3.8, 4) is 5.75 Å². The molecule has 8 nitrogen and oxygen atoms in total. The average molecular weight is 534 g/mol. The quantitative estimate of drug-likeness (QED) is 0.207. The van der Waals surface area contributed by atoms with Gasteiger partial charge in [-0.3, -0.25) is 4.79 Å². The van der Waals surface area contributed by atoms with E-state index in [0.717, 1.165) is 36.3 Å². The number of carbonyl (C=O) groups excluding carboxylic acids is 1. The first kappa shape index (κ1) is 26.4. The number of halogens is 1. The van der Waals surface area contributed by atoms with Crippen LogP contribution in [0.15, 0.2) is 23.2 Å². The van der Waals surface area contributed by atoms with Gasteiger partial charge in [0.15, 0.2) is 5.96 Å². The topological polar surface area (TPSA) is 84.4 Å². The minimum absolute atomic E-state index is 0. The van der Waals surface area contributed by atoms with Crippen LogP contribution in [0.4, 0.5) is 0 Å². The summed E-state index contributed by atoms with van der Waals surface area (Å²) in [4.78, 5) is 18.2. The van der Waals surface area contributed by atoms with Gasteiger partial charge >= 0.3 is 0 Å². The molecule has 9 heteroatoms. The Hall–Kier alpha value is -1.59. The van der Waals surface area contributed by atoms with Gasteiger partial charge in [-0.05, 0) is 31.4 Å². The van der Waals surface area contributed by atoms with Gasteiger partial charge in [0, 0.05) is 39.9 Å². The summed E-state index contributed by atoms with van der Waals surface area (Å²) in [7, 11) is 5.12. The number of hydrogen-bond acceptors (Lipinski definition) is 5. The molecule has 1 fully saturated rings. The van der Waals surface area contributed by atoms with E-state index in [1.54, 1.807) is 26.1 Å². The third-order valence-electron chi connectivity index (χ3n) is 4.60. The summed E-state index contributed by atoms with van der Waals surface area (Å²) in [5.41, 5.74) is 2.10. The number of hydrogen-bond donors (Lipinski definition) is 2. The van der Waals surface area contributed by atoms with Crippen molar-refractivity contribution in [2.45, 2.75) is 32.4 Å². The van der Waals surface area contributed by atoms with Gasteiger partial charge in [0.05, 0.1) is 25.8 Å². The minimum Gasteiger partial charge on any atom is -0.491 e. The number of carbonyl (C=O) groups is 1. The van der Waals surface area contributed by atoms with Crippen LogP contribution in [0, 0.1) is 6.92 Å². The second-order valence-corrected chi connectivity index (χ2v) is 7.27. The van der Waals surface area contributed by atoms with Crippen molar-refractivity contribution in [2.75, 3.05) is 54.1 Å². The zero-order valence-electron chi connectivity index (χ0n) is 18.4. The standard InChI is InChI=1S/C21H34N4O4.HI/c1-16-7-8-17(19(12-16)29-11-10-27-4)13-22-21(24-15-20(26)25(2)3)23-14-18-6-5-9-28-18;/h7-8,12,18H,5-6,9-11,13-15H2,1-4H3,(H2,22,23,24);1H. The van der Waals surface area contributed by atoms with Crippen molar-refractivity contribution >= 4 is 35.8 Å². The lowest BCUT2D eigenvalue weighted by atomic mass is 10.1. The van der Waals surface area contributed by atoms with Gasteiger partial charge in [0.2, 0.25) is 5.91 Å². The molecule has 1 unspecified atom stereocenters. The second-order valence-electron chi connectivity index (χ2n) is 7.27. The molecule has 1 heterocycles. The fourth-order valence-corrected chi connectivity index (χ4v) is 2.83. The first-order chi connectivity index (χ1) is 14.0. The highest BCUT2D eigenvalue weighted by Gasteiger charge is 2.16. The zero-order valence-corrected chi connectivity index (χ0v) is 20.7. The van der Waals surface area contributed by atoms with E-state index in [2.05, 4.69) is 15.6 Å². The van der Waals surface area contributed by atoms with Crippen molar-refractivity contribution in [1.82, 2.24) is 15.5 Å². The van der Waals surface area contributed by atoms with E-state index >= 15 is 0 Å². The van der Waals surface area contributed by atoms with Gasteiger partial charge < -0.3 is 29.7 Å². The molecule has 1 aliphatic heterocycles. The van der Waals surface area contributed by atoms with Crippen molar-refractivity contribution in [3.05, 3.63) is 29.3 Å². The average Bonchev–Trinajstić information content (AvgIpc) is 3.22. The first-order valence-corrected chi connectivity index (χ1v) is 10.0. The van der Waals surface area contributed by atoms with Gasteiger partial charge in [-0.2, -0.15) is 0 Å². The lowest BCUT2D eigenvalue weighted by Gasteiger charge is -2.17. The molecular formula is C21H35IN4O4. The molecule has 0 radical (unpaired) electrons. The van der Waals surface area contributed by atoms with Crippen LogP contribution in [0.25, 0.3) is 0 Å². The van der Waals surface area contributed by atoms with Crippen LogP contribution in [0.1, 0.15) is 24.0 Å². The van der Waals surface area contributed by atoms with Crippen molar-refractivity contribution in [3.63, 3.8) is 0 Å². The summed E-state index contributed by atoms with van der Waals surface area (Å²) < 4.78 is 16.6. The number of nitrogens with zero attached hydrogens (tertiary/aromatic N) is 2. The van der Waals surface area contributed by atoms with E-state index in [4.69, 9.17) is 14.2 Å². The highest BCUT2D eigenvalue weighted by molar-refractivity contribution is 14.0. The van der Waals surface area contributed by atoms with Gasteiger partial charge in [0.25, 0.3) is 0 Å². The molecule has 0 saturated carbocycles. The molecule has 0 bridgehead atoms. The predicted octanol–water partition coefficient (Wildman–Crippen LogP) is 1.94. The Kier molecular flexibility index (Phi) is 12.7. The van der Waals surface area contributed by atoms with Gasteiger partial charge in [-0.15, -0.1) is 24.0 Å². The number of nitrogens with one attached hydrogen (secondary N) is 2. The third-order valence-corrected chi connectivity index (χ3v) is 4.60. The number of amides is 1. The number of likely N-dealkylation sites (N-methyl/N-ethyl adjacent to an activating group) is 1. The maximum atomic E-state index is 11.9. The fourth-order valence-electron chi connectivity index (χ4n) is 2.83. The number of ether oxygens (including phenoxy) is 3. The number of guanidine groups is 1. The second kappa shape index (κ2) is 14.4. The molecule has 1 aromatic rings. The lowest BCUT2D eigenvalue weighted by molar-refractivity contribution is -0.127. The molecule has 1 aliphatic rings. The van der Waals surface area contributed by atoms with Crippen molar-refractivity contribution < 1.29 is 19.0 Å². The lowest BCUT2D eigenvalue weighted by Crippen LogP contribution is -2.45. The first-order valence-electron chi connectivity index (χ1n) is 10.0. The molecule has 0 aliphatic carbocycles. The largest absolute Gasteiger partial charge is 0.491 e. The fraction of sp³-hybridized carbons (Fsp3) is 0.619. The normalized spacial score (nSPS) is 16.0. The molecular weight excluding hydrogens is 499 g/mol. The molecule has 1 atom stereocenters. The van der Waals surface area contributed by atoms with Crippen molar-refractivity contribution in [2.24, 2.45) is 4.99 Å². The minimum atomic E-state index is -0.0180. The number of aryl methyl sites for hydroxylation is 1. The van der Waals surface area contributed by atoms with Crippen LogP contribution in [-0.4, -0.2) is 77.0 Å². The van der Waals surface area contributed by atoms with Crippen LogP contribution < -0.4 is 15.4 Å². The van der Waals surface area contributed by atoms with Gasteiger partial charge in [-0.1, -0.05) is 12.1 Å². The SMILES string of the molecule is COCCOc1cc(C)ccc1CN=C(NCC(=O)N(C)C)NCC1CCCO1.I. The molecule has 0 aromatic heterocycles. The summed E-state index contributed by atoms with van der Waals surface area (Å²) in [6.45, 7) is 5.10. The monoisotopic (exact) mass is 534 g/mol. The predicted molar refractivity (Wildman–Crippen MR) is 129 cm³/mol. The Morgan fingerprint density at radius 1 is 1.30 bits per heavy atom. The van der Waals surface area contributed by atoms with Gasteiger partial charge in [0.1, 0.15) is 12.4 Å².